The fraction of sp³-hybridized carbons (Fsp3) is 0.160. The molecule has 7 nitrogen and oxygen atoms in total. The number of hydrogen-bond acceptors (Lipinski definition) is 6. The standard InChI is InChI=1S/C25H23N3O4/c1-3-30-20-15-13-19(14-16-20)26-23(29)17(2)31-22-12-8-7-11-21(22)25-28-27-24(32-25)18-9-5-4-6-10-18/h4-17H,3H2,1-2H3,(H,26,29)/t17-/m0/s1. The van der Waals surface area contributed by atoms with Crippen molar-refractivity contribution < 1.29 is 18.7 Å². The third-order valence-electron chi connectivity index (χ3n) is 4.67. The molecule has 1 N–H and O–H groups in total. The molecule has 162 valence electrons. The number of carbonyl (C=O) groups excluding carboxylic acids is 1. The second-order valence-corrected chi connectivity index (χ2v) is 6.98. The molecule has 0 aliphatic rings. The van der Waals surface area contributed by atoms with Gasteiger partial charge < -0.3 is 19.2 Å². The minimum atomic E-state index is -0.751. The Morgan fingerprint density at radius 3 is 2.38 bits per heavy atom. The summed E-state index contributed by atoms with van der Waals surface area (Å²) in [6, 6.07) is 24.0. The molecule has 0 unspecified atom stereocenters. The maximum absolute atomic E-state index is 12.6. The van der Waals surface area contributed by atoms with Crippen molar-refractivity contribution in [3.63, 3.8) is 0 Å². The van der Waals surface area contributed by atoms with Gasteiger partial charge in [-0.3, -0.25) is 4.79 Å². The zero-order valence-corrected chi connectivity index (χ0v) is 17.8. The van der Waals surface area contributed by atoms with Crippen molar-refractivity contribution in [2.45, 2.75) is 20.0 Å². The van der Waals surface area contributed by atoms with Crippen LogP contribution in [0.25, 0.3) is 22.9 Å². The number of rotatable bonds is 8. The molecule has 0 spiro atoms. The van der Waals surface area contributed by atoms with E-state index < -0.39 is 6.10 Å². The fourth-order valence-corrected chi connectivity index (χ4v) is 3.06. The van der Waals surface area contributed by atoms with Crippen LogP contribution < -0.4 is 14.8 Å². The Labute approximate surface area is 186 Å². The van der Waals surface area contributed by atoms with Crippen molar-refractivity contribution in [1.29, 1.82) is 0 Å². The first-order chi connectivity index (χ1) is 15.6. The maximum Gasteiger partial charge on any atom is 0.265 e. The van der Waals surface area contributed by atoms with E-state index in [0.29, 0.717) is 35.4 Å². The monoisotopic (exact) mass is 429 g/mol. The van der Waals surface area contributed by atoms with Crippen LogP contribution in [0, 0.1) is 0 Å². The van der Waals surface area contributed by atoms with Crippen LogP contribution in [0.4, 0.5) is 5.69 Å². The van der Waals surface area contributed by atoms with Gasteiger partial charge in [0, 0.05) is 11.3 Å². The van der Waals surface area contributed by atoms with E-state index in [0.717, 1.165) is 11.3 Å². The van der Waals surface area contributed by atoms with E-state index in [1.807, 2.05) is 55.5 Å². The average Bonchev–Trinajstić information content (AvgIpc) is 3.31. The lowest BCUT2D eigenvalue weighted by Gasteiger charge is -2.16. The van der Waals surface area contributed by atoms with Crippen molar-refractivity contribution in [2.75, 3.05) is 11.9 Å². The van der Waals surface area contributed by atoms with Gasteiger partial charge in [0.05, 0.1) is 12.2 Å². The summed E-state index contributed by atoms with van der Waals surface area (Å²) >= 11 is 0. The number of hydrogen-bond donors (Lipinski definition) is 1. The number of nitrogens with one attached hydrogen (secondary N) is 1. The van der Waals surface area contributed by atoms with Gasteiger partial charge >= 0.3 is 0 Å². The Balaban J connectivity index is 1.47. The number of para-hydroxylation sites is 1. The molecule has 1 aromatic heterocycles. The second kappa shape index (κ2) is 9.78. The van der Waals surface area contributed by atoms with Crippen LogP contribution in [-0.2, 0) is 4.79 Å². The predicted octanol–water partition coefficient (Wildman–Crippen LogP) is 5.21. The first-order valence-corrected chi connectivity index (χ1v) is 10.3. The smallest absolute Gasteiger partial charge is 0.265 e. The summed E-state index contributed by atoms with van der Waals surface area (Å²) in [6.45, 7) is 4.19. The van der Waals surface area contributed by atoms with Gasteiger partial charge in [0.25, 0.3) is 11.8 Å². The van der Waals surface area contributed by atoms with Gasteiger partial charge in [-0.15, -0.1) is 10.2 Å². The lowest BCUT2D eigenvalue weighted by Crippen LogP contribution is -2.30. The van der Waals surface area contributed by atoms with Gasteiger partial charge in [0.1, 0.15) is 11.5 Å². The van der Waals surface area contributed by atoms with Gasteiger partial charge in [-0.2, -0.15) is 0 Å². The van der Waals surface area contributed by atoms with Gasteiger partial charge in [-0.25, -0.2) is 0 Å². The Morgan fingerprint density at radius 1 is 0.938 bits per heavy atom. The molecule has 0 saturated heterocycles. The van der Waals surface area contributed by atoms with E-state index in [1.165, 1.54) is 0 Å². The van der Waals surface area contributed by atoms with Crippen molar-refractivity contribution in [1.82, 2.24) is 10.2 Å². The average molecular weight is 429 g/mol. The Hall–Kier alpha value is -4.13. The number of anilines is 1. The largest absolute Gasteiger partial charge is 0.494 e. The topological polar surface area (TPSA) is 86.5 Å². The molecular weight excluding hydrogens is 406 g/mol. The molecule has 0 bridgehead atoms. The summed E-state index contributed by atoms with van der Waals surface area (Å²) in [6.07, 6.45) is -0.751. The summed E-state index contributed by atoms with van der Waals surface area (Å²) < 4.78 is 17.2. The van der Waals surface area contributed by atoms with Crippen LogP contribution >= 0.6 is 0 Å². The van der Waals surface area contributed by atoms with Crippen molar-refractivity contribution in [3.8, 4) is 34.4 Å². The van der Waals surface area contributed by atoms with Crippen molar-refractivity contribution >= 4 is 11.6 Å². The number of nitrogens with zero attached hydrogens (tertiary/aromatic N) is 2. The Morgan fingerprint density at radius 2 is 1.62 bits per heavy atom. The van der Waals surface area contributed by atoms with Gasteiger partial charge in [-0.1, -0.05) is 30.3 Å². The van der Waals surface area contributed by atoms with Gasteiger partial charge in [0.2, 0.25) is 5.89 Å². The van der Waals surface area contributed by atoms with Crippen LogP contribution in [0.15, 0.2) is 83.3 Å². The Bertz CT molecular complexity index is 1170. The molecule has 3 aromatic carbocycles. The second-order valence-electron chi connectivity index (χ2n) is 6.98. The summed E-state index contributed by atoms with van der Waals surface area (Å²) in [5.41, 5.74) is 2.10. The van der Waals surface area contributed by atoms with E-state index in [1.54, 1.807) is 37.3 Å². The number of aromatic nitrogens is 2. The van der Waals surface area contributed by atoms with Crippen molar-refractivity contribution in [2.24, 2.45) is 0 Å². The Kier molecular flexibility index (Phi) is 6.46. The zero-order valence-electron chi connectivity index (χ0n) is 17.8. The zero-order chi connectivity index (χ0) is 22.3. The highest BCUT2D eigenvalue weighted by molar-refractivity contribution is 5.94. The molecule has 0 aliphatic heterocycles. The lowest BCUT2D eigenvalue weighted by atomic mass is 10.2. The molecule has 0 aliphatic carbocycles. The SMILES string of the molecule is CCOc1ccc(NC(=O)[C@H](C)Oc2ccccc2-c2nnc(-c3ccccc3)o2)cc1. The normalized spacial score (nSPS) is 11.6. The third kappa shape index (κ3) is 4.95. The van der Waals surface area contributed by atoms with E-state index in [2.05, 4.69) is 15.5 Å². The highest BCUT2D eigenvalue weighted by atomic mass is 16.5. The molecule has 4 aromatic rings. The fourth-order valence-electron chi connectivity index (χ4n) is 3.06. The molecule has 7 heteroatoms. The third-order valence-corrected chi connectivity index (χ3v) is 4.67. The number of ether oxygens (including phenoxy) is 2. The van der Waals surface area contributed by atoms with Crippen LogP contribution in [0.1, 0.15) is 13.8 Å². The maximum atomic E-state index is 12.6. The van der Waals surface area contributed by atoms with E-state index in [9.17, 15) is 4.79 Å². The molecule has 0 saturated carbocycles. The van der Waals surface area contributed by atoms with Gasteiger partial charge in [-0.05, 0) is 62.4 Å². The minimum Gasteiger partial charge on any atom is -0.494 e. The molecule has 1 heterocycles. The van der Waals surface area contributed by atoms with Crippen LogP contribution in [0.2, 0.25) is 0 Å². The first kappa shape index (κ1) is 21.1. The molecular formula is C25H23N3O4. The van der Waals surface area contributed by atoms with E-state index >= 15 is 0 Å². The predicted molar refractivity (Wildman–Crippen MR) is 122 cm³/mol. The summed E-state index contributed by atoms with van der Waals surface area (Å²) in [5.74, 6) is 1.68. The van der Waals surface area contributed by atoms with Crippen molar-refractivity contribution in [3.05, 3.63) is 78.9 Å². The van der Waals surface area contributed by atoms with Gasteiger partial charge in [0.15, 0.2) is 6.10 Å². The molecule has 0 fully saturated rings. The molecule has 32 heavy (non-hydrogen) atoms. The highest BCUT2D eigenvalue weighted by Gasteiger charge is 2.20. The molecule has 1 amide bonds. The lowest BCUT2D eigenvalue weighted by molar-refractivity contribution is -0.122. The number of benzene rings is 3. The summed E-state index contributed by atoms with van der Waals surface area (Å²) in [7, 11) is 0. The number of amides is 1. The molecule has 4 rings (SSSR count). The quantitative estimate of drug-likeness (QED) is 0.414. The summed E-state index contributed by atoms with van der Waals surface area (Å²) in [4.78, 5) is 12.6. The minimum absolute atomic E-state index is 0.278. The summed E-state index contributed by atoms with van der Waals surface area (Å²) in [5, 5.41) is 11.1. The molecule has 1 atom stereocenters. The number of carbonyl (C=O) groups is 1. The van der Waals surface area contributed by atoms with E-state index in [-0.39, 0.29) is 5.91 Å². The van der Waals surface area contributed by atoms with Crippen LogP contribution in [0.5, 0.6) is 11.5 Å². The van der Waals surface area contributed by atoms with Crippen LogP contribution in [-0.4, -0.2) is 28.8 Å². The van der Waals surface area contributed by atoms with E-state index in [4.69, 9.17) is 13.9 Å². The highest BCUT2D eigenvalue weighted by Crippen LogP contribution is 2.31. The molecule has 0 radical (unpaired) electrons. The first-order valence-electron chi connectivity index (χ1n) is 10.3. The van der Waals surface area contributed by atoms with Crippen LogP contribution in [0.3, 0.4) is 0 Å².